The minimum absolute atomic E-state index is 0.0667. The van der Waals surface area contributed by atoms with Gasteiger partial charge in [0.2, 0.25) is 0 Å². The molecule has 0 atom stereocenters. The van der Waals surface area contributed by atoms with Crippen LogP contribution in [0.2, 0.25) is 0 Å². The lowest BCUT2D eigenvalue weighted by atomic mass is 9.86. The molecule has 0 saturated heterocycles. The van der Waals surface area contributed by atoms with Gasteiger partial charge in [0, 0.05) is 66.9 Å². The number of phenols is 1. The van der Waals surface area contributed by atoms with Crippen LogP contribution in [0.25, 0.3) is 53.6 Å². The van der Waals surface area contributed by atoms with E-state index in [4.69, 9.17) is 0 Å². The van der Waals surface area contributed by atoms with E-state index in [9.17, 15) is 30.0 Å². The highest BCUT2D eigenvalue weighted by atomic mass is 32.1. The molecule has 11 nitrogen and oxygen atoms in total. The highest BCUT2D eigenvalue weighted by molar-refractivity contribution is 7.19. The lowest BCUT2D eigenvalue weighted by molar-refractivity contribution is 0.102. The van der Waals surface area contributed by atoms with Gasteiger partial charge in [-0.15, -0.1) is 34.0 Å². The van der Waals surface area contributed by atoms with Crippen molar-refractivity contribution < 1.29 is 19.5 Å². The first-order chi connectivity index (χ1) is 31.2. The minimum Gasteiger partial charge on any atom is -0.508 e. The topological polar surface area (TPSA) is 181 Å². The van der Waals surface area contributed by atoms with Crippen molar-refractivity contribution in [3.05, 3.63) is 177 Å². The van der Waals surface area contributed by atoms with Gasteiger partial charge in [-0.25, -0.2) is 0 Å². The van der Waals surface area contributed by atoms with Gasteiger partial charge in [-0.3, -0.25) is 24.4 Å². The number of carbonyl (C=O) groups excluding carboxylic acids is 3. The van der Waals surface area contributed by atoms with Crippen LogP contribution in [-0.4, -0.2) is 32.8 Å². The van der Waals surface area contributed by atoms with Crippen molar-refractivity contribution in [1.29, 1.82) is 10.5 Å². The third kappa shape index (κ3) is 8.69. The summed E-state index contributed by atoms with van der Waals surface area (Å²) in [6, 6.07) is 37.6. The smallest absolute Gasteiger partial charge is 0.265 e. The molecule has 4 N–H and O–H groups in total. The second-order valence-electron chi connectivity index (χ2n) is 14.0. The number of hydrogen-bond donors (Lipinski definition) is 4. The van der Waals surface area contributed by atoms with Crippen molar-refractivity contribution >= 4 is 80.1 Å². The first-order valence-electron chi connectivity index (χ1n) is 19.3. The zero-order valence-corrected chi connectivity index (χ0v) is 36.3. The number of hydrogen-bond acceptors (Lipinski definition) is 12. The fourth-order valence-electron chi connectivity index (χ4n) is 6.93. The van der Waals surface area contributed by atoms with Crippen molar-refractivity contribution in [2.45, 2.75) is 0 Å². The minimum atomic E-state index is -0.372. The molecule has 0 radical (unpaired) electrons. The molecule has 0 unspecified atom stereocenters. The molecule has 0 aliphatic rings. The Bertz CT molecular complexity index is 3290. The summed E-state index contributed by atoms with van der Waals surface area (Å²) < 4.78 is 0. The summed E-state index contributed by atoms with van der Waals surface area (Å²) in [5, 5.41) is 43.7. The predicted molar refractivity (Wildman–Crippen MR) is 255 cm³/mol. The molecule has 6 aromatic heterocycles. The van der Waals surface area contributed by atoms with Crippen molar-refractivity contribution in [2.24, 2.45) is 0 Å². The van der Waals surface area contributed by atoms with Crippen molar-refractivity contribution in [3.8, 4) is 71.5 Å². The first-order valence-corrected chi connectivity index (χ1v) is 22.7. The molecule has 0 aliphatic heterocycles. The van der Waals surface area contributed by atoms with Gasteiger partial charge >= 0.3 is 0 Å². The lowest BCUT2D eigenvalue weighted by Crippen LogP contribution is -2.10. The maximum absolute atomic E-state index is 13.9. The van der Waals surface area contributed by atoms with E-state index in [0.717, 1.165) is 20.9 Å². The first kappa shape index (κ1) is 41.3. The number of benzene rings is 3. The number of nitrogens with zero attached hydrogens (tertiary/aromatic N) is 4. The Hall–Kier alpha value is -8.05. The monoisotopic (exact) mass is 907 g/mol. The summed E-state index contributed by atoms with van der Waals surface area (Å²) in [5.41, 5.74) is 6.89. The molecule has 0 aliphatic carbocycles. The quantitative estimate of drug-likeness (QED) is 0.0925. The third-order valence-corrected chi connectivity index (χ3v) is 14.0. The molecule has 0 saturated carbocycles. The van der Waals surface area contributed by atoms with Crippen LogP contribution in [0.1, 0.15) is 40.1 Å². The van der Waals surface area contributed by atoms with E-state index in [-0.39, 0.29) is 23.5 Å². The molecule has 0 bridgehead atoms. The molecule has 9 aromatic rings. The Labute approximate surface area is 381 Å². The number of aromatic hydroxyl groups is 1. The highest BCUT2D eigenvalue weighted by Gasteiger charge is 2.26. The summed E-state index contributed by atoms with van der Waals surface area (Å²) >= 11 is 5.35. The second-order valence-corrected chi connectivity index (χ2v) is 18.0. The molecule has 0 spiro atoms. The molecule has 3 aromatic carbocycles. The number of amides is 3. The fourth-order valence-corrected chi connectivity index (χ4v) is 10.6. The number of thiophene rings is 4. The van der Waals surface area contributed by atoms with E-state index in [1.807, 2.05) is 47.2 Å². The fraction of sp³-hybridized carbons (Fsp3) is 0. The number of aromatic nitrogens is 2. The predicted octanol–water partition coefficient (Wildman–Crippen LogP) is 12.3. The molecule has 3 amide bonds. The molecule has 15 heteroatoms. The van der Waals surface area contributed by atoms with Crippen LogP contribution in [0, 0.1) is 22.7 Å². The van der Waals surface area contributed by atoms with Gasteiger partial charge in [-0.1, -0.05) is 6.07 Å². The van der Waals surface area contributed by atoms with Gasteiger partial charge in [0.1, 0.15) is 5.75 Å². The van der Waals surface area contributed by atoms with Crippen LogP contribution in [0.15, 0.2) is 151 Å². The van der Waals surface area contributed by atoms with E-state index >= 15 is 0 Å². The summed E-state index contributed by atoms with van der Waals surface area (Å²) in [6.45, 7) is 0. The largest absolute Gasteiger partial charge is 0.508 e. The van der Waals surface area contributed by atoms with Gasteiger partial charge in [0.25, 0.3) is 17.7 Å². The van der Waals surface area contributed by atoms with Crippen molar-refractivity contribution in [3.63, 3.8) is 0 Å². The number of nitrogens with one attached hydrogen (secondary N) is 3. The molecule has 6 heterocycles. The number of carbonyl (C=O) groups is 3. The van der Waals surface area contributed by atoms with E-state index in [2.05, 4.69) is 38.1 Å². The number of nitriles is 2. The summed E-state index contributed by atoms with van der Waals surface area (Å²) in [6.07, 6.45) is 6.38. The Morgan fingerprint density at radius 2 is 1.23 bits per heavy atom. The Balaban J connectivity index is 1.22. The Morgan fingerprint density at radius 1 is 0.562 bits per heavy atom. The van der Waals surface area contributed by atoms with Gasteiger partial charge in [0.15, 0.2) is 0 Å². The molecule has 308 valence electrons. The third-order valence-electron chi connectivity index (χ3n) is 9.90. The van der Waals surface area contributed by atoms with Gasteiger partial charge in [-0.05, 0) is 137 Å². The Kier molecular flexibility index (Phi) is 11.7. The van der Waals surface area contributed by atoms with Crippen molar-refractivity contribution in [1.82, 2.24) is 9.97 Å². The second kappa shape index (κ2) is 18.1. The SMILES string of the molecule is N#Cc1cc(-c2cc(-c3ccc(C(=O)Nc4ccncc4)s3)ccc2C#N)c(-c2ccc(C(=O)Nc3ccc(O)cc3)s2)c(-c2cc(C(=O)Nc3cccnc3)sc2-c2ccsc2)c1. The number of rotatable bonds is 11. The summed E-state index contributed by atoms with van der Waals surface area (Å²) in [5.74, 6) is -0.924. The van der Waals surface area contributed by atoms with Crippen molar-refractivity contribution in [2.75, 3.05) is 16.0 Å². The maximum atomic E-state index is 13.9. The van der Waals surface area contributed by atoms with Gasteiger partial charge in [0.05, 0.1) is 49.8 Å². The van der Waals surface area contributed by atoms with Gasteiger partial charge < -0.3 is 21.1 Å². The van der Waals surface area contributed by atoms with Gasteiger partial charge in [-0.2, -0.15) is 21.9 Å². The van der Waals surface area contributed by atoms with E-state index < -0.39 is 0 Å². The average Bonchev–Trinajstić information content (AvgIpc) is 4.18. The molecule has 9 rings (SSSR count). The molecule has 0 fully saturated rings. The maximum Gasteiger partial charge on any atom is 0.265 e. The van der Waals surface area contributed by atoms with Crippen LogP contribution < -0.4 is 16.0 Å². The molecule has 64 heavy (non-hydrogen) atoms. The van der Waals surface area contributed by atoms with E-state index in [1.54, 1.807) is 91.5 Å². The molecular weight excluding hydrogens is 879 g/mol. The number of anilines is 3. The highest BCUT2D eigenvalue weighted by Crippen LogP contribution is 2.50. The zero-order valence-electron chi connectivity index (χ0n) is 33.0. The van der Waals surface area contributed by atoms with Crippen LogP contribution in [0.4, 0.5) is 17.1 Å². The Morgan fingerprint density at radius 3 is 1.91 bits per heavy atom. The van der Waals surface area contributed by atoms with Crippen LogP contribution in [0.3, 0.4) is 0 Å². The van der Waals surface area contributed by atoms with Crippen LogP contribution in [0.5, 0.6) is 5.75 Å². The van der Waals surface area contributed by atoms with E-state index in [1.165, 1.54) is 57.5 Å². The van der Waals surface area contributed by atoms with Crippen LogP contribution in [-0.2, 0) is 0 Å². The van der Waals surface area contributed by atoms with E-state index in [0.29, 0.717) is 75.5 Å². The standard InChI is InChI=1S/C49H29N7O4S4/c50-24-28-20-37(36-22-29(3-4-30(36)25-51)40-9-11-42(62-40)47(58)55-33-13-17-52-18-14-33)45(41-10-12-43(63-41)48(59)54-32-5-7-35(57)8-6-32)38(21-28)39-23-44(64-46(39)31-15-19-61-27-31)49(60)56-34-2-1-16-53-26-34/h1-23,26-27,57H,(H,54,59)(H,56,60)(H,52,55,58). The summed E-state index contributed by atoms with van der Waals surface area (Å²) in [4.78, 5) is 52.5. The number of phenolic OH excluding ortho intramolecular Hbond substituents is 1. The number of pyridine rings is 2. The normalized spacial score (nSPS) is 10.7. The molecular formula is C49H29N7O4S4. The lowest BCUT2D eigenvalue weighted by Gasteiger charge is -2.17. The van der Waals surface area contributed by atoms with Crippen LogP contribution >= 0.6 is 45.3 Å². The average molecular weight is 908 g/mol. The zero-order chi connectivity index (χ0) is 44.2. The summed E-state index contributed by atoms with van der Waals surface area (Å²) in [7, 11) is 0.